The van der Waals surface area contributed by atoms with Crippen molar-refractivity contribution in [1.29, 1.82) is 0 Å². The van der Waals surface area contributed by atoms with Crippen LogP contribution in [0.15, 0.2) is 53.1 Å². The van der Waals surface area contributed by atoms with E-state index in [1.165, 1.54) is 12.1 Å². The molecule has 1 saturated heterocycles. The minimum atomic E-state index is -0.488. The Morgan fingerprint density at radius 3 is 2.52 bits per heavy atom. The van der Waals surface area contributed by atoms with E-state index in [0.717, 1.165) is 11.3 Å². The lowest BCUT2D eigenvalue weighted by atomic mass is 10.1. The zero-order valence-electron chi connectivity index (χ0n) is 16.0. The van der Waals surface area contributed by atoms with E-state index in [0.29, 0.717) is 44.4 Å². The van der Waals surface area contributed by atoms with Gasteiger partial charge in [-0.1, -0.05) is 17.3 Å². The first-order valence-corrected chi connectivity index (χ1v) is 9.37. The van der Waals surface area contributed by atoms with Crippen LogP contribution in [-0.4, -0.2) is 59.1 Å². The maximum Gasteiger partial charge on any atom is 0.257 e. The average molecular weight is 396 g/mol. The minimum absolute atomic E-state index is 0.114. The molecule has 3 aromatic rings. The number of nitrogens with zero attached hydrogens (tertiary/aromatic N) is 4. The van der Waals surface area contributed by atoms with Crippen molar-refractivity contribution in [1.82, 2.24) is 19.9 Å². The smallest absolute Gasteiger partial charge is 0.257 e. The molecule has 29 heavy (non-hydrogen) atoms. The van der Waals surface area contributed by atoms with E-state index in [1.54, 1.807) is 24.1 Å². The Balaban J connectivity index is 1.33. The van der Waals surface area contributed by atoms with Gasteiger partial charge in [0.2, 0.25) is 0 Å². The summed E-state index contributed by atoms with van der Waals surface area (Å²) in [6, 6.07) is 13.5. The highest BCUT2D eigenvalue weighted by Gasteiger charge is 2.24. The molecule has 0 N–H and O–H groups in total. The van der Waals surface area contributed by atoms with Crippen molar-refractivity contribution in [2.75, 3.05) is 33.3 Å². The number of carbonyl (C=O) groups is 1. The summed E-state index contributed by atoms with van der Waals surface area (Å²) in [5.74, 6) is 1.04. The number of halogens is 1. The third-order valence-electron chi connectivity index (χ3n) is 4.93. The van der Waals surface area contributed by atoms with Gasteiger partial charge in [0.1, 0.15) is 11.6 Å². The molecule has 0 bridgehead atoms. The molecular formula is C21H21FN4O3. The Labute approximate surface area is 167 Å². The van der Waals surface area contributed by atoms with E-state index in [2.05, 4.69) is 15.0 Å². The topological polar surface area (TPSA) is 71.7 Å². The largest absolute Gasteiger partial charge is 0.497 e. The van der Waals surface area contributed by atoms with Gasteiger partial charge < -0.3 is 14.2 Å². The van der Waals surface area contributed by atoms with Crippen LogP contribution >= 0.6 is 0 Å². The van der Waals surface area contributed by atoms with Crippen LogP contribution in [0.3, 0.4) is 0 Å². The number of rotatable bonds is 5. The molecule has 1 amide bonds. The van der Waals surface area contributed by atoms with Crippen molar-refractivity contribution in [2.45, 2.75) is 6.54 Å². The van der Waals surface area contributed by atoms with Gasteiger partial charge in [-0.05, 0) is 36.4 Å². The van der Waals surface area contributed by atoms with Gasteiger partial charge in [0.15, 0.2) is 5.82 Å². The second-order valence-corrected chi connectivity index (χ2v) is 6.79. The summed E-state index contributed by atoms with van der Waals surface area (Å²) < 4.78 is 24.4. The number of hydrogen-bond donors (Lipinski definition) is 0. The number of methoxy groups -OCH3 is 1. The van der Waals surface area contributed by atoms with Gasteiger partial charge >= 0.3 is 0 Å². The summed E-state index contributed by atoms with van der Waals surface area (Å²) in [4.78, 5) is 20.8. The first kappa shape index (κ1) is 19.1. The lowest BCUT2D eigenvalue weighted by molar-refractivity contribution is 0.0620. The van der Waals surface area contributed by atoms with Crippen LogP contribution in [0.5, 0.6) is 5.75 Å². The molecule has 1 aromatic heterocycles. The molecule has 2 aromatic carbocycles. The normalized spacial score (nSPS) is 14.8. The highest BCUT2D eigenvalue weighted by molar-refractivity contribution is 5.94. The highest BCUT2D eigenvalue weighted by Crippen LogP contribution is 2.21. The maximum absolute atomic E-state index is 13.9. The molecule has 0 aliphatic carbocycles. The molecule has 0 unspecified atom stereocenters. The Morgan fingerprint density at radius 2 is 1.83 bits per heavy atom. The highest BCUT2D eigenvalue weighted by atomic mass is 19.1. The number of aromatic nitrogens is 2. The Morgan fingerprint density at radius 1 is 1.10 bits per heavy atom. The summed E-state index contributed by atoms with van der Waals surface area (Å²) in [7, 11) is 1.61. The van der Waals surface area contributed by atoms with Crippen molar-refractivity contribution in [2.24, 2.45) is 0 Å². The molecule has 0 spiro atoms. The maximum atomic E-state index is 13.9. The quantitative estimate of drug-likeness (QED) is 0.660. The average Bonchev–Trinajstić information content (AvgIpc) is 3.23. The fourth-order valence-electron chi connectivity index (χ4n) is 3.28. The predicted octanol–water partition coefficient (Wildman–Crippen LogP) is 2.84. The Bertz CT molecular complexity index is 982. The van der Waals surface area contributed by atoms with Crippen LogP contribution in [0.2, 0.25) is 0 Å². The van der Waals surface area contributed by atoms with Gasteiger partial charge in [-0.2, -0.15) is 4.98 Å². The van der Waals surface area contributed by atoms with Gasteiger partial charge in [-0.25, -0.2) is 4.39 Å². The third-order valence-corrected chi connectivity index (χ3v) is 4.93. The molecule has 8 heteroatoms. The van der Waals surface area contributed by atoms with E-state index in [9.17, 15) is 9.18 Å². The molecule has 0 saturated carbocycles. The standard InChI is InChI=1S/C21H21FN4O3/c1-28-16-8-6-15(7-9-16)20-23-19(24-29-20)14-25-10-12-26(13-11-25)21(27)17-4-2-3-5-18(17)22/h2-9H,10-14H2,1H3. The number of carbonyl (C=O) groups excluding carboxylic acids is 1. The molecule has 1 fully saturated rings. The Kier molecular flexibility index (Phi) is 5.53. The molecule has 0 radical (unpaired) electrons. The van der Waals surface area contributed by atoms with Gasteiger partial charge in [0, 0.05) is 31.7 Å². The molecule has 1 aliphatic heterocycles. The van der Waals surface area contributed by atoms with Crippen molar-refractivity contribution in [3.8, 4) is 17.2 Å². The fraction of sp³-hybridized carbons (Fsp3) is 0.286. The summed E-state index contributed by atoms with van der Waals surface area (Å²) >= 11 is 0. The number of ether oxygens (including phenoxy) is 1. The number of piperazine rings is 1. The van der Waals surface area contributed by atoms with E-state index in [-0.39, 0.29) is 11.5 Å². The zero-order valence-corrected chi connectivity index (χ0v) is 16.0. The number of hydrogen-bond acceptors (Lipinski definition) is 6. The fourth-order valence-corrected chi connectivity index (χ4v) is 3.28. The SMILES string of the molecule is COc1ccc(-c2nc(CN3CCN(C(=O)c4ccccc4F)CC3)no2)cc1. The van der Waals surface area contributed by atoms with Crippen molar-refractivity contribution < 1.29 is 18.4 Å². The zero-order chi connectivity index (χ0) is 20.2. The molecule has 150 valence electrons. The third kappa shape index (κ3) is 4.27. The molecular weight excluding hydrogens is 375 g/mol. The predicted molar refractivity (Wildman–Crippen MR) is 104 cm³/mol. The second-order valence-electron chi connectivity index (χ2n) is 6.79. The minimum Gasteiger partial charge on any atom is -0.497 e. The van der Waals surface area contributed by atoms with Crippen LogP contribution in [0.1, 0.15) is 16.2 Å². The van der Waals surface area contributed by atoms with Gasteiger partial charge in [0.25, 0.3) is 11.8 Å². The Hall–Kier alpha value is -3.26. The van der Waals surface area contributed by atoms with Crippen LogP contribution < -0.4 is 4.74 Å². The molecule has 7 nitrogen and oxygen atoms in total. The van der Waals surface area contributed by atoms with E-state index in [4.69, 9.17) is 9.26 Å². The monoisotopic (exact) mass is 396 g/mol. The van der Waals surface area contributed by atoms with Crippen LogP contribution in [0, 0.1) is 5.82 Å². The molecule has 4 rings (SSSR count). The lowest BCUT2D eigenvalue weighted by Crippen LogP contribution is -2.48. The van der Waals surface area contributed by atoms with Crippen molar-refractivity contribution in [3.63, 3.8) is 0 Å². The number of benzene rings is 2. The van der Waals surface area contributed by atoms with Crippen LogP contribution in [0.25, 0.3) is 11.5 Å². The van der Waals surface area contributed by atoms with E-state index >= 15 is 0 Å². The van der Waals surface area contributed by atoms with Crippen molar-refractivity contribution >= 4 is 5.91 Å². The summed E-state index contributed by atoms with van der Waals surface area (Å²) in [5.41, 5.74) is 0.938. The van der Waals surface area contributed by atoms with Gasteiger partial charge in [-0.15, -0.1) is 0 Å². The van der Waals surface area contributed by atoms with Gasteiger partial charge in [0.05, 0.1) is 19.2 Å². The molecule has 0 atom stereocenters. The van der Waals surface area contributed by atoms with Crippen LogP contribution in [0.4, 0.5) is 4.39 Å². The lowest BCUT2D eigenvalue weighted by Gasteiger charge is -2.34. The number of amides is 1. The molecule has 1 aliphatic rings. The second kappa shape index (κ2) is 8.40. The first-order chi connectivity index (χ1) is 14.1. The first-order valence-electron chi connectivity index (χ1n) is 9.37. The van der Waals surface area contributed by atoms with Crippen LogP contribution in [-0.2, 0) is 6.54 Å². The van der Waals surface area contributed by atoms with Gasteiger partial charge in [-0.3, -0.25) is 9.69 Å². The van der Waals surface area contributed by atoms with E-state index in [1.807, 2.05) is 24.3 Å². The van der Waals surface area contributed by atoms with E-state index < -0.39 is 5.82 Å². The van der Waals surface area contributed by atoms with Crippen molar-refractivity contribution in [3.05, 3.63) is 65.7 Å². The summed E-state index contributed by atoms with van der Waals surface area (Å²) in [5, 5.41) is 4.05. The summed E-state index contributed by atoms with van der Waals surface area (Å²) in [6.45, 7) is 2.90. The molecule has 2 heterocycles. The summed E-state index contributed by atoms with van der Waals surface area (Å²) in [6.07, 6.45) is 0.